The van der Waals surface area contributed by atoms with Gasteiger partial charge in [0, 0.05) is 18.3 Å². The molecule has 0 spiro atoms. The van der Waals surface area contributed by atoms with E-state index in [0.717, 1.165) is 25.8 Å². The number of halogens is 1. The number of carbonyl (C=O) groups excluding carboxylic acids is 2. The van der Waals surface area contributed by atoms with Crippen LogP contribution < -0.4 is 11.1 Å². The summed E-state index contributed by atoms with van der Waals surface area (Å²) in [5, 5.41) is 3.28. The Labute approximate surface area is 242 Å². The molecule has 1 aliphatic heterocycles. The number of aromatic amines is 1. The van der Waals surface area contributed by atoms with Crippen molar-refractivity contribution in [1.82, 2.24) is 19.9 Å². The standard InChI is InChI=1S/C30H35FN6O5/c1-29(27(39)42-30(26(32)38)12-3-2-4-13-30)16-40-25(41-17-29)24-36-22(19-7-9-20(31)10-8-19)23(37-24)21-11-14-33-28(35-21)34-15-18-5-6-18/h7-11,14,18,25H,2-6,12-13,15-17H2,1H3,(H2,32,38)(H,36,37)(H,33,34,35). The Balaban J connectivity index is 1.22. The lowest BCUT2D eigenvalue weighted by Gasteiger charge is -2.39. The topological polar surface area (TPSA) is 154 Å². The molecule has 6 rings (SSSR count). The Morgan fingerprint density at radius 2 is 1.81 bits per heavy atom. The molecule has 2 aromatic heterocycles. The molecular weight excluding hydrogens is 543 g/mol. The molecule has 3 heterocycles. The van der Waals surface area contributed by atoms with E-state index in [9.17, 15) is 14.0 Å². The minimum absolute atomic E-state index is 0.0179. The highest BCUT2D eigenvalue weighted by atomic mass is 19.1. The molecule has 0 unspecified atom stereocenters. The van der Waals surface area contributed by atoms with E-state index in [1.165, 1.54) is 25.0 Å². The van der Waals surface area contributed by atoms with Gasteiger partial charge in [-0.2, -0.15) is 0 Å². The maximum absolute atomic E-state index is 13.7. The first-order valence-electron chi connectivity index (χ1n) is 14.4. The SMILES string of the molecule is CC1(C(=O)OC2(C(N)=O)CCCCC2)COC(c2nc(-c3ccc(F)cc3)c(-c3ccnc(NCC4CC4)n3)[nH]2)OC1. The predicted octanol–water partition coefficient (Wildman–Crippen LogP) is 4.28. The molecule has 2 saturated carbocycles. The molecule has 1 aromatic carbocycles. The first kappa shape index (κ1) is 28.2. The maximum atomic E-state index is 13.7. The van der Waals surface area contributed by atoms with Crippen LogP contribution in [0.1, 0.15) is 64.0 Å². The molecule has 1 amide bonds. The van der Waals surface area contributed by atoms with Crippen LogP contribution in [0, 0.1) is 17.2 Å². The first-order valence-corrected chi connectivity index (χ1v) is 14.4. The summed E-state index contributed by atoms with van der Waals surface area (Å²) >= 11 is 0. The van der Waals surface area contributed by atoms with Crippen molar-refractivity contribution in [3.8, 4) is 22.6 Å². The third-order valence-corrected chi connectivity index (χ3v) is 8.22. The summed E-state index contributed by atoms with van der Waals surface area (Å²) in [6.45, 7) is 2.46. The lowest BCUT2D eigenvalue weighted by atomic mass is 9.83. The summed E-state index contributed by atoms with van der Waals surface area (Å²) in [5.74, 6) is -0.0410. The van der Waals surface area contributed by atoms with Crippen molar-refractivity contribution in [2.75, 3.05) is 25.1 Å². The van der Waals surface area contributed by atoms with Crippen molar-refractivity contribution in [2.45, 2.75) is 63.8 Å². The first-order chi connectivity index (χ1) is 20.2. The monoisotopic (exact) mass is 578 g/mol. The number of esters is 1. The smallest absolute Gasteiger partial charge is 0.317 e. The van der Waals surface area contributed by atoms with Gasteiger partial charge < -0.3 is 30.2 Å². The number of ether oxygens (including phenoxy) is 3. The molecule has 2 aliphatic carbocycles. The fourth-order valence-corrected chi connectivity index (χ4v) is 5.35. The van der Waals surface area contributed by atoms with Crippen molar-refractivity contribution >= 4 is 17.8 Å². The van der Waals surface area contributed by atoms with Crippen molar-refractivity contribution in [1.29, 1.82) is 0 Å². The summed E-state index contributed by atoms with van der Waals surface area (Å²) in [4.78, 5) is 42.6. The average molecular weight is 579 g/mol. The Bertz CT molecular complexity index is 1440. The van der Waals surface area contributed by atoms with Crippen LogP contribution in [0.2, 0.25) is 0 Å². The van der Waals surface area contributed by atoms with Gasteiger partial charge in [0.1, 0.15) is 11.2 Å². The number of hydrogen-bond donors (Lipinski definition) is 3. The van der Waals surface area contributed by atoms with Crippen molar-refractivity contribution in [3.63, 3.8) is 0 Å². The molecule has 0 bridgehead atoms. The third kappa shape index (κ3) is 5.86. The number of aromatic nitrogens is 4. The number of hydrogen-bond acceptors (Lipinski definition) is 9. The Morgan fingerprint density at radius 3 is 2.48 bits per heavy atom. The highest BCUT2D eigenvalue weighted by Gasteiger charge is 2.48. The van der Waals surface area contributed by atoms with E-state index in [4.69, 9.17) is 24.9 Å². The number of nitrogens with zero attached hydrogens (tertiary/aromatic N) is 3. The zero-order valence-electron chi connectivity index (χ0n) is 23.5. The number of carbonyl (C=O) groups is 2. The Hall–Kier alpha value is -3.90. The Kier molecular flexibility index (Phi) is 7.67. The number of H-pyrrole nitrogens is 1. The van der Waals surface area contributed by atoms with Gasteiger partial charge in [0.25, 0.3) is 5.91 Å². The van der Waals surface area contributed by atoms with Crippen LogP contribution >= 0.6 is 0 Å². The zero-order chi connectivity index (χ0) is 29.3. The highest BCUT2D eigenvalue weighted by molar-refractivity contribution is 5.88. The lowest BCUT2D eigenvalue weighted by molar-refractivity contribution is -0.243. The van der Waals surface area contributed by atoms with E-state index in [-0.39, 0.29) is 19.0 Å². The van der Waals surface area contributed by atoms with Gasteiger partial charge >= 0.3 is 5.97 Å². The van der Waals surface area contributed by atoms with Crippen molar-refractivity contribution in [2.24, 2.45) is 17.1 Å². The minimum Gasteiger partial charge on any atom is -0.448 e. The molecule has 11 nitrogen and oxygen atoms in total. The second kappa shape index (κ2) is 11.4. The van der Waals surface area contributed by atoms with E-state index in [1.54, 1.807) is 31.3 Å². The van der Waals surface area contributed by atoms with Crippen molar-refractivity contribution < 1.29 is 28.2 Å². The molecule has 3 aromatic rings. The maximum Gasteiger partial charge on any atom is 0.317 e. The summed E-state index contributed by atoms with van der Waals surface area (Å²) in [6, 6.07) is 7.78. The van der Waals surface area contributed by atoms with Crippen LogP contribution in [0.5, 0.6) is 0 Å². The molecule has 0 atom stereocenters. The molecule has 3 aliphatic rings. The second-order valence-corrected chi connectivity index (χ2v) is 11.8. The van der Waals surface area contributed by atoms with Crippen molar-refractivity contribution in [3.05, 3.63) is 48.2 Å². The van der Waals surface area contributed by atoms with E-state index >= 15 is 0 Å². The molecule has 1 saturated heterocycles. The van der Waals surface area contributed by atoms with E-state index in [1.807, 2.05) is 0 Å². The normalized spacial score (nSPS) is 23.7. The predicted molar refractivity (Wildman–Crippen MR) is 150 cm³/mol. The number of amides is 1. The van der Waals surface area contributed by atoms with Crippen LogP contribution in [0.3, 0.4) is 0 Å². The zero-order valence-corrected chi connectivity index (χ0v) is 23.5. The number of benzene rings is 1. The molecule has 12 heteroatoms. The van der Waals surface area contributed by atoms with Gasteiger partial charge in [0.15, 0.2) is 11.4 Å². The van der Waals surface area contributed by atoms with Gasteiger partial charge in [-0.3, -0.25) is 9.59 Å². The Morgan fingerprint density at radius 1 is 1.10 bits per heavy atom. The second-order valence-electron chi connectivity index (χ2n) is 11.8. The van der Waals surface area contributed by atoms with E-state index in [0.29, 0.717) is 53.2 Å². The quantitative estimate of drug-likeness (QED) is 0.316. The van der Waals surface area contributed by atoms with Crippen LogP contribution in [0.15, 0.2) is 36.5 Å². The van der Waals surface area contributed by atoms with Gasteiger partial charge in [-0.15, -0.1) is 0 Å². The number of anilines is 1. The molecule has 0 radical (unpaired) electrons. The number of nitrogens with one attached hydrogen (secondary N) is 2. The lowest BCUT2D eigenvalue weighted by Crippen LogP contribution is -2.53. The number of nitrogens with two attached hydrogens (primary N) is 1. The van der Waals surface area contributed by atoms with E-state index in [2.05, 4.69) is 20.3 Å². The number of primary amides is 1. The van der Waals surface area contributed by atoms with Gasteiger partial charge in [-0.05, 0) is 81.7 Å². The minimum atomic E-state index is -1.29. The number of imidazole rings is 1. The van der Waals surface area contributed by atoms with E-state index < -0.39 is 29.2 Å². The average Bonchev–Trinajstić information content (AvgIpc) is 3.73. The summed E-state index contributed by atoms with van der Waals surface area (Å²) in [5.41, 5.74) is 5.63. The van der Waals surface area contributed by atoms with Gasteiger partial charge in [-0.1, -0.05) is 6.42 Å². The summed E-state index contributed by atoms with van der Waals surface area (Å²) in [7, 11) is 0. The van der Waals surface area contributed by atoms with Gasteiger partial charge in [0.2, 0.25) is 12.2 Å². The van der Waals surface area contributed by atoms with Gasteiger partial charge in [0.05, 0.1) is 30.3 Å². The van der Waals surface area contributed by atoms with Crippen LogP contribution in [0.25, 0.3) is 22.6 Å². The van der Waals surface area contributed by atoms with Gasteiger partial charge in [-0.25, -0.2) is 19.3 Å². The van der Waals surface area contributed by atoms with Crippen LogP contribution in [-0.2, 0) is 23.8 Å². The molecule has 42 heavy (non-hydrogen) atoms. The molecular formula is C30H35FN6O5. The fraction of sp³-hybridized carbons (Fsp3) is 0.500. The molecule has 222 valence electrons. The number of rotatable bonds is 9. The largest absolute Gasteiger partial charge is 0.448 e. The molecule has 4 N–H and O–H groups in total. The van der Waals surface area contributed by atoms with Crippen LogP contribution in [-0.4, -0.2) is 57.2 Å². The summed E-state index contributed by atoms with van der Waals surface area (Å²) < 4.78 is 31.5. The molecule has 3 fully saturated rings. The summed E-state index contributed by atoms with van der Waals surface area (Å²) in [6.07, 6.45) is 6.50. The third-order valence-electron chi connectivity index (χ3n) is 8.22. The fourth-order valence-electron chi connectivity index (χ4n) is 5.35. The van der Waals surface area contributed by atoms with Crippen LogP contribution in [0.4, 0.5) is 10.3 Å². The highest BCUT2D eigenvalue weighted by Crippen LogP contribution is 2.39.